The van der Waals surface area contributed by atoms with Gasteiger partial charge in [-0.15, -0.1) is 0 Å². The second kappa shape index (κ2) is 7.78. The first-order chi connectivity index (χ1) is 10.4. The van der Waals surface area contributed by atoms with Gasteiger partial charge in [0.25, 0.3) is 0 Å². The van der Waals surface area contributed by atoms with Crippen molar-refractivity contribution in [2.24, 2.45) is 0 Å². The number of nitrogens with one attached hydrogen (secondary N) is 2. The maximum atomic E-state index is 5.67. The summed E-state index contributed by atoms with van der Waals surface area (Å²) in [5.41, 5.74) is 4.18. The molecule has 2 heterocycles. The maximum Gasteiger partial charge on any atom is 0.0809 e. The van der Waals surface area contributed by atoms with Crippen molar-refractivity contribution >= 4 is 5.69 Å². The summed E-state index contributed by atoms with van der Waals surface area (Å²) >= 11 is 0. The lowest BCUT2D eigenvalue weighted by atomic mass is 10.1. The zero-order valence-corrected chi connectivity index (χ0v) is 12.7. The van der Waals surface area contributed by atoms with E-state index in [-0.39, 0.29) is 0 Å². The van der Waals surface area contributed by atoms with Gasteiger partial charge in [0.05, 0.1) is 12.7 Å². The van der Waals surface area contributed by atoms with Crippen LogP contribution in [0.5, 0.6) is 0 Å². The third kappa shape index (κ3) is 4.19. The average molecular weight is 290 g/mol. The Morgan fingerprint density at radius 2 is 2.38 bits per heavy atom. The summed E-state index contributed by atoms with van der Waals surface area (Å²) < 4.78 is 11.2. The van der Waals surface area contributed by atoms with Gasteiger partial charge in [0, 0.05) is 32.0 Å². The first-order valence-corrected chi connectivity index (χ1v) is 8.18. The highest BCUT2D eigenvalue weighted by molar-refractivity contribution is 5.61. The second-order valence-corrected chi connectivity index (χ2v) is 5.87. The number of benzene rings is 1. The molecule has 1 aromatic rings. The Morgan fingerprint density at radius 3 is 3.29 bits per heavy atom. The van der Waals surface area contributed by atoms with E-state index < -0.39 is 0 Å². The van der Waals surface area contributed by atoms with Gasteiger partial charge in [0.15, 0.2) is 0 Å². The van der Waals surface area contributed by atoms with Gasteiger partial charge < -0.3 is 20.1 Å². The van der Waals surface area contributed by atoms with E-state index >= 15 is 0 Å². The number of ether oxygens (including phenoxy) is 2. The van der Waals surface area contributed by atoms with Crippen molar-refractivity contribution in [2.75, 3.05) is 38.2 Å². The molecule has 0 spiro atoms. The van der Waals surface area contributed by atoms with Crippen LogP contribution in [0.1, 0.15) is 30.4 Å². The molecule has 1 saturated heterocycles. The highest BCUT2D eigenvalue weighted by Gasteiger charge is 2.15. The van der Waals surface area contributed by atoms with Crippen LogP contribution in [-0.4, -0.2) is 39.0 Å². The first-order valence-electron chi connectivity index (χ1n) is 8.18. The minimum absolute atomic E-state index is 0.343. The summed E-state index contributed by atoms with van der Waals surface area (Å²) in [7, 11) is 0. The fourth-order valence-corrected chi connectivity index (χ4v) is 3.07. The fraction of sp³-hybridized carbons (Fsp3) is 0.647. The Morgan fingerprint density at radius 1 is 1.38 bits per heavy atom. The third-order valence-electron chi connectivity index (χ3n) is 4.22. The van der Waals surface area contributed by atoms with E-state index in [0.29, 0.717) is 6.10 Å². The van der Waals surface area contributed by atoms with Gasteiger partial charge >= 0.3 is 0 Å². The van der Waals surface area contributed by atoms with E-state index in [2.05, 4.69) is 28.8 Å². The summed E-state index contributed by atoms with van der Waals surface area (Å²) in [6.07, 6.45) is 4.89. The number of hydrogen-bond acceptors (Lipinski definition) is 4. The lowest BCUT2D eigenvalue weighted by molar-refractivity contribution is 0.0166. The van der Waals surface area contributed by atoms with E-state index in [1.54, 1.807) is 0 Å². The molecule has 0 amide bonds. The summed E-state index contributed by atoms with van der Waals surface area (Å²) in [6, 6.07) is 6.59. The molecule has 3 rings (SSSR count). The van der Waals surface area contributed by atoms with Crippen molar-refractivity contribution in [3.8, 4) is 0 Å². The number of fused-ring (bicyclic) bond motifs is 1. The molecule has 0 bridgehead atoms. The Kier molecular flexibility index (Phi) is 5.49. The van der Waals surface area contributed by atoms with Crippen LogP contribution in [0, 0.1) is 0 Å². The largest absolute Gasteiger partial charge is 0.384 e. The van der Waals surface area contributed by atoms with E-state index in [1.165, 1.54) is 23.2 Å². The average Bonchev–Trinajstić information content (AvgIpc) is 3.17. The van der Waals surface area contributed by atoms with Crippen LogP contribution in [0.25, 0.3) is 0 Å². The molecule has 4 nitrogen and oxygen atoms in total. The fourth-order valence-electron chi connectivity index (χ4n) is 3.07. The Bertz CT molecular complexity index is 444. The van der Waals surface area contributed by atoms with E-state index in [1.807, 2.05) is 0 Å². The lowest BCUT2D eigenvalue weighted by Crippen LogP contribution is -2.19. The van der Waals surface area contributed by atoms with Gasteiger partial charge in [-0.3, -0.25) is 0 Å². The van der Waals surface area contributed by atoms with E-state index in [0.717, 1.165) is 58.7 Å². The number of hydrogen-bond donors (Lipinski definition) is 2. The van der Waals surface area contributed by atoms with Crippen LogP contribution < -0.4 is 10.6 Å². The van der Waals surface area contributed by atoms with Crippen LogP contribution in [0.3, 0.4) is 0 Å². The molecule has 0 radical (unpaired) electrons. The lowest BCUT2D eigenvalue weighted by Gasteiger charge is -2.11. The molecular formula is C17H26N2O2. The highest BCUT2D eigenvalue weighted by Crippen LogP contribution is 2.26. The third-order valence-corrected chi connectivity index (χ3v) is 4.22. The summed E-state index contributed by atoms with van der Waals surface area (Å²) in [5.74, 6) is 0. The molecule has 2 aliphatic rings. The first kappa shape index (κ1) is 14.8. The molecule has 4 heteroatoms. The molecule has 1 fully saturated rings. The number of rotatable bonds is 8. The molecule has 0 aromatic heterocycles. The van der Waals surface area contributed by atoms with Gasteiger partial charge in [-0.05, 0) is 43.4 Å². The highest BCUT2D eigenvalue weighted by atomic mass is 16.5. The molecule has 0 saturated carbocycles. The SMILES string of the molecule is c1cc2c(c(CNCCCOCC3CCCO3)c1)NCC2. The van der Waals surface area contributed by atoms with Crippen LogP contribution in [0.2, 0.25) is 0 Å². The number of para-hydroxylation sites is 1. The predicted molar refractivity (Wildman–Crippen MR) is 84.8 cm³/mol. The van der Waals surface area contributed by atoms with E-state index in [4.69, 9.17) is 9.47 Å². The summed E-state index contributed by atoms with van der Waals surface area (Å²) in [6.45, 7) is 5.49. The summed E-state index contributed by atoms with van der Waals surface area (Å²) in [5, 5.41) is 6.99. The van der Waals surface area contributed by atoms with Crippen molar-refractivity contribution in [1.82, 2.24) is 5.32 Å². The summed E-state index contributed by atoms with van der Waals surface area (Å²) in [4.78, 5) is 0. The minimum Gasteiger partial charge on any atom is -0.384 e. The zero-order chi connectivity index (χ0) is 14.3. The Balaban J connectivity index is 1.27. The van der Waals surface area contributed by atoms with Crippen molar-refractivity contribution in [1.29, 1.82) is 0 Å². The van der Waals surface area contributed by atoms with Crippen LogP contribution in [-0.2, 0) is 22.4 Å². The Hall–Kier alpha value is -1.10. The smallest absolute Gasteiger partial charge is 0.0809 e. The van der Waals surface area contributed by atoms with Crippen molar-refractivity contribution in [3.63, 3.8) is 0 Å². The molecule has 1 unspecified atom stereocenters. The number of anilines is 1. The predicted octanol–water partition coefficient (Wildman–Crippen LogP) is 2.33. The zero-order valence-electron chi connectivity index (χ0n) is 12.7. The van der Waals surface area contributed by atoms with Crippen molar-refractivity contribution in [2.45, 2.75) is 38.3 Å². The normalized spacial score (nSPS) is 20.5. The quantitative estimate of drug-likeness (QED) is 0.721. The van der Waals surface area contributed by atoms with Gasteiger partial charge in [-0.2, -0.15) is 0 Å². The van der Waals surface area contributed by atoms with Gasteiger partial charge in [0.2, 0.25) is 0 Å². The van der Waals surface area contributed by atoms with Gasteiger partial charge in [-0.25, -0.2) is 0 Å². The van der Waals surface area contributed by atoms with Gasteiger partial charge in [-0.1, -0.05) is 18.2 Å². The molecule has 1 aromatic carbocycles. The minimum atomic E-state index is 0.343. The van der Waals surface area contributed by atoms with Gasteiger partial charge in [0.1, 0.15) is 0 Å². The molecule has 21 heavy (non-hydrogen) atoms. The second-order valence-electron chi connectivity index (χ2n) is 5.87. The molecule has 116 valence electrons. The molecular weight excluding hydrogens is 264 g/mol. The molecule has 2 N–H and O–H groups in total. The van der Waals surface area contributed by atoms with Crippen molar-refractivity contribution in [3.05, 3.63) is 29.3 Å². The molecule has 0 aliphatic carbocycles. The van der Waals surface area contributed by atoms with E-state index in [9.17, 15) is 0 Å². The maximum absolute atomic E-state index is 5.67. The molecule has 2 aliphatic heterocycles. The van der Waals surface area contributed by atoms with Crippen LogP contribution in [0.15, 0.2) is 18.2 Å². The standard InChI is InChI=1S/C17H26N2O2/c1-4-14-7-9-19-17(14)15(5-1)12-18-8-3-10-20-13-16-6-2-11-21-16/h1,4-5,16,18-19H,2-3,6-13H2. The monoisotopic (exact) mass is 290 g/mol. The Labute approximate surface area is 127 Å². The van der Waals surface area contributed by atoms with Crippen LogP contribution in [0.4, 0.5) is 5.69 Å². The van der Waals surface area contributed by atoms with Crippen molar-refractivity contribution < 1.29 is 9.47 Å². The molecule has 1 atom stereocenters. The van der Waals surface area contributed by atoms with Crippen LogP contribution >= 0.6 is 0 Å². The topological polar surface area (TPSA) is 42.5 Å².